The van der Waals surface area contributed by atoms with Crippen LogP contribution in [0.4, 0.5) is 0 Å². The van der Waals surface area contributed by atoms with Crippen molar-refractivity contribution >= 4 is 21.6 Å². The molecule has 4 rings (SSSR count). The third-order valence-corrected chi connectivity index (χ3v) is 6.12. The predicted molar refractivity (Wildman–Crippen MR) is 95.3 cm³/mol. The van der Waals surface area contributed by atoms with E-state index in [0.29, 0.717) is 18.5 Å². The van der Waals surface area contributed by atoms with Gasteiger partial charge >= 0.3 is 0 Å². The molecule has 2 heterocycles. The zero-order valence-electron chi connectivity index (χ0n) is 14.0. The van der Waals surface area contributed by atoms with E-state index in [9.17, 15) is 4.79 Å². The number of fused-ring (bicyclic) bond motifs is 3. The molecule has 0 radical (unpaired) electrons. The van der Waals surface area contributed by atoms with Crippen molar-refractivity contribution in [2.24, 2.45) is 5.92 Å². The second-order valence-corrected chi connectivity index (χ2v) is 8.41. The van der Waals surface area contributed by atoms with Gasteiger partial charge in [-0.3, -0.25) is 9.36 Å². The van der Waals surface area contributed by atoms with Gasteiger partial charge in [0, 0.05) is 10.9 Å². The lowest BCUT2D eigenvalue weighted by Crippen LogP contribution is -2.28. The zero-order valence-corrected chi connectivity index (χ0v) is 14.8. The highest BCUT2D eigenvalue weighted by Gasteiger charge is 2.30. The van der Waals surface area contributed by atoms with E-state index in [1.54, 1.807) is 11.3 Å². The molecule has 1 N–H and O–H groups in total. The molecular weight excluding hydrogens is 306 g/mol. The first-order chi connectivity index (χ1) is 11.1. The Morgan fingerprint density at radius 2 is 2.17 bits per heavy atom. The van der Waals surface area contributed by atoms with Crippen LogP contribution in [0.3, 0.4) is 0 Å². The Morgan fingerprint density at radius 3 is 2.91 bits per heavy atom. The van der Waals surface area contributed by atoms with Crippen LogP contribution in [0.15, 0.2) is 4.79 Å². The smallest absolute Gasteiger partial charge is 0.262 e. The SMILES string of the molecule is CC(C)CCNCc1nc2sc3c(c2c(=O)n1C1CC1)CCC3. The zero-order chi connectivity index (χ0) is 16.0. The molecule has 2 aliphatic rings. The fraction of sp³-hybridized carbons (Fsp3) is 0.667. The summed E-state index contributed by atoms with van der Waals surface area (Å²) >= 11 is 1.75. The van der Waals surface area contributed by atoms with Gasteiger partial charge in [-0.25, -0.2) is 4.98 Å². The van der Waals surface area contributed by atoms with E-state index in [-0.39, 0.29) is 5.56 Å². The number of nitrogens with zero attached hydrogens (tertiary/aromatic N) is 2. The predicted octanol–water partition coefficient (Wildman–Crippen LogP) is 3.42. The van der Waals surface area contributed by atoms with Crippen molar-refractivity contribution in [2.45, 2.75) is 65.0 Å². The molecule has 0 amide bonds. The molecule has 0 spiro atoms. The molecule has 5 heteroatoms. The minimum Gasteiger partial charge on any atom is -0.310 e. The summed E-state index contributed by atoms with van der Waals surface area (Å²) in [5, 5.41) is 4.41. The number of aromatic nitrogens is 2. The molecule has 124 valence electrons. The molecule has 0 aromatic carbocycles. The average Bonchev–Trinajstić information content (AvgIpc) is 3.11. The van der Waals surface area contributed by atoms with E-state index in [4.69, 9.17) is 4.98 Å². The summed E-state index contributed by atoms with van der Waals surface area (Å²) in [4.78, 5) is 20.4. The summed E-state index contributed by atoms with van der Waals surface area (Å²) in [5.41, 5.74) is 1.52. The van der Waals surface area contributed by atoms with Crippen molar-refractivity contribution in [3.8, 4) is 0 Å². The van der Waals surface area contributed by atoms with Crippen molar-refractivity contribution in [1.29, 1.82) is 0 Å². The van der Waals surface area contributed by atoms with Crippen molar-refractivity contribution < 1.29 is 0 Å². The Bertz CT molecular complexity index is 786. The highest BCUT2D eigenvalue weighted by Crippen LogP contribution is 2.38. The van der Waals surface area contributed by atoms with Gasteiger partial charge in [0.1, 0.15) is 10.7 Å². The normalized spacial score (nSPS) is 17.3. The molecule has 23 heavy (non-hydrogen) atoms. The Hall–Kier alpha value is -1.20. The van der Waals surface area contributed by atoms with Gasteiger partial charge < -0.3 is 5.32 Å². The van der Waals surface area contributed by atoms with E-state index in [1.807, 2.05) is 4.57 Å². The lowest BCUT2D eigenvalue weighted by molar-refractivity contribution is 0.517. The van der Waals surface area contributed by atoms with E-state index >= 15 is 0 Å². The molecular formula is C18H25N3OS. The van der Waals surface area contributed by atoms with Gasteiger partial charge in [0.05, 0.1) is 11.9 Å². The summed E-state index contributed by atoms with van der Waals surface area (Å²) in [7, 11) is 0. The summed E-state index contributed by atoms with van der Waals surface area (Å²) < 4.78 is 2.00. The number of hydrogen-bond acceptors (Lipinski definition) is 4. The standard InChI is InChI=1S/C18H25N3OS/c1-11(2)8-9-19-10-15-20-17-16(13-4-3-5-14(13)23-17)18(22)21(15)12-6-7-12/h11-12,19H,3-10H2,1-2H3. The van der Waals surface area contributed by atoms with Crippen molar-refractivity contribution in [3.05, 3.63) is 26.6 Å². The van der Waals surface area contributed by atoms with Gasteiger partial charge in [-0.15, -0.1) is 11.3 Å². The maximum absolute atomic E-state index is 13.1. The molecule has 0 saturated heterocycles. The fourth-order valence-electron chi connectivity index (χ4n) is 3.52. The number of thiophene rings is 1. The Morgan fingerprint density at radius 1 is 1.35 bits per heavy atom. The van der Waals surface area contributed by atoms with Crippen LogP contribution in [-0.2, 0) is 19.4 Å². The van der Waals surface area contributed by atoms with Crippen LogP contribution in [0.25, 0.3) is 10.2 Å². The fourth-order valence-corrected chi connectivity index (χ4v) is 4.79. The minimum absolute atomic E-state index is 0.220. The summed E-state index contributed by atoms with van der Waals surface area (Å²) in [6, 6.07) is 0.387. The van der Waals surface area contributed by atoms with E-state index in [1.165, 1.54) is 16.9 Å². The summed E-state index contributed by atoms with van der Waals surface area (Å²) in [6.07, 6.45) is 6.78. The Labute approximate surface area is 140 Å². The van der Waals surface area contributed by atoms with Crippen LogP contribution in [0, 0.1) is 5.92 Å². The molecule has 1 fully saturated rings. The summed E-state index contributed by atoms with van der Waals surface area (Å²) in [5.74, 6) is 1.64. The average molecular weight is 331 g/mol. The van der Waals surface area contributed by atoms with Crippen LogP contribution < -0.4 is 10.9 Å². The largest absolute Gasteiger partial charge is 0.310 e. The molecule has 0 bridgehead atoms. The van der Waals surface area contributed by atoms with Crippen molar-refractivity contribution in [3.63, 3.8) is 0 Å². The van der Waals surface area contributed by atoms with Gasteiger partial charge in [-0.1, -0.05) is 13.8 Å². The minimum atomic E-state index is 0.220. The highest BCUT2D eigenvalue weighted by molar-refractivity contribution is 7.18. The molecule has 2 aliphatic carbocycles. The molecule has 2 aromatic rings. The van der Waals surface area contributed by atoms with Gasteiger partial charge in [0.15, 0.2) is 0 Å². The first kappa shape index (κ1) is 15.3. The highest BCUT2D eigenvalue weighted by atomic mass is 32.1. The Kier molecular flexibility index (Phi) is 4.01. The number of rotatable bonds is 6. The Balaban J connectivity index is 1.69. The second-order valence-electron chi connectivity index (χ2n) is 7.33. The van der Waals surface area contributed by atoms with Gasteiger partial charge in [-0.05, 0) is 56.6 Å². The molecule has 0 unspecified atom stereocenters. The van der Waals surface area contributed by atoms with Crippen LogP contribution in [0.2, 0.25) is 0 Å². The number of nitrogens with one attached hydrogen (secondary N) is 1. The quantitative estimate of drug-likeness (QED) is 0.825. The molecule has 4 nitrogen and oxygen atoms in total. The lowest BCUT2D eigenvalue weighted by Gasteiger charge is -2.13. The molecule has 0 atom stereocenters. The van der Waals surface area contributed by atoms with Gasteiger partial charge in [0.2, 0.25) is 0 Å². The van der Waals surface area contributed by atoms with Crippen molar-refractivity contribution in [2.75, 3.05) is 6.54 Å². The van der Waals surface area contributed by atoms with Gasteiger partial charge in [0.25, 0.3) is 5.56 Å². The third-order valence-electron chi connectivity index (χ3n) is 4.94. The van der Waals surface area contributed by atoms with Crippen LogP contribution in [-0.4, -0.2) is 16.1 Å². The third kappa shape index (κ3) is 2.85. The van der Waals surface area contributed by atoms with Crippen molar-refractivity contribution in [1.82, 2.24) is 14.9 Å². The van der Waals surface area contributed by atoms with E-state index < -0.39 is 0 Å². The van der Waals surface area contributed by atoms with E-state index in [2.05, 4.69) is 19.2 Å². The first-order valence-corrected chi connectivity index (χ1v) is 9.73. The topological polar surface area (TPSA) is 46.9 Å². The van der Waals surface area contributed by atoms with Gasteiger partial charge in [-0.2, -0.15) is 0 Å². The molecule has 0 aliphatic heterocycles. The lowest BCUT2D eigenvalue weighted by atomic mass is 10.1. The van der Waals surface area contributed by atoms with E-state index in [0.717, 1.165) is 54.7 Å². The van der Waals surface area contributed by atoms with Crippen LogP contribution in [0.5, 0.6) is 0 Å². The number of hydrogen-bond donors (Lipinski definition) is 1. The van der Waals surface area contributed by atoms with Crippen LogP contribution in [0.1, 0.15) is 61.8 Å². The summed E-state index contributed by atoms with van der Waals surface area (Å²) in [6.45, 7) is 6.16. The second kappa shape index (κ2) is 6.02. The van der Waals surface area contributed by atoms with Crippen LogP contribution >= 0.6 is 11.3 Å². The molecule has 2 aromatic heterocycles. The molecule has 1 saturated carbocycles. The number of aryl methyl sites for hydroxylation is 2. The maximum Gasteiger partial charge on any atom is 0.262 e. The maximum atomic E-state index is 13.1. The monoisotopic (exact) mass is 331 g/mol. The first-order valence-electron chi connectivity index (χ1n) is 8.91.